The molecule has 2 rings (SSSR count). The van der Waals surface area contributed by atoms with Crippen LogP contribution in [0, 0.1) is 11.3 Å². The van der Waals surface area contributed by atoms with E-state index in [0.29, 0.717) is 12.3 Å². The lowest BCUT2D eigenvalue weighted by molar-refractivity contribution is -0.159. The van der Waals surface area contributed by atoms with Gasteiger partial charge in [-0.3, -0.25) is 4.79 Å². The Morgan fingerprint density at radius 1 is 1.17 bits per heavy atom. The molecule has 3 heteroatoms. The molecule has 0 radical (unpaired) electrons. The summed E-state index contributed by atoms with van der Waals surface area (Å²) in [4.78, 5) is 11.7. The number of carboxylic acid groups (broad SMARTS) is 1. The van der Waals surface area contributed by atoms with Crippen LogP contribution in [0.3, 0.4) is 0 Å². The fourth-order valence-electron chi connectivity index (χ4n) is 4.11. The third-order valence-corrected chi connectivity index (χ3v) is 5.00. The molecule has 0 aliphatic heterocycles. The summed E-state index contributed by atoms with van der Waals surface area (Å²) in [5, 5.41) is 20.3. The Morgan fingerprint density at radius 2 is 1.83 bits per heavy atom. The van der Waals surface area contributed by atoms with E-state index in [1.165, 1.54) is 6.42 Å². The van der Waals surface area contributed by atoms with Gasteiger partial charge >= 0.3 is 5.97 Å². The van der Waals surface area contributed by atoms with Crippen molar-refractivity contribution in [3.05, 3.63) is 0 Å². The molecule has 0 aromatic carbocycles. The van der Waals surface area contributed by atoms with Crippen molar-refractivity contribution >= 4 is 5.97 Å². The molecule has 2 fully saturated rings. The first kappa shape index (κ1) is 13.9. The summed E-state index contributed by atoms with van der Waals surface area (Å²) in [5.74, 6) is -0.213. The highest BCUT2D eigenvalue weighted by molar-refractivity contribution is 5.75. The fourth-order valence-corrected chi connectivity index (χ4v) is 4.11. The van der Waals surface area contributed by atoms with Gasteiger partial charge in [0.05, 0.1) is 11.0 Å². The molecule has 0 saturated heterocycles. The van der Waals surface area contributed by atoms with Crippen LogP contribution < -0.4 is 0 Å². The predicted octanol–water partition coefficient (Wildman–Crippen LogP) is 3.35. The summed E-state index contributed by atoms with van der Waals surface area (Å²) in [5.41, 5.74) is -1.38. The number of aliphatic hydroxyl groups is 1. The molecule has 3 nitrogen and oxygen atoms in total. The molecule has 18 heavy (non-hydrogen) atoms. The molecule has 2 atom stereocenters. The van der Waals surface area contributed by atoms with Gasteiger partial charge in [-0.1, -0.05) is 39.0 Å². The van der Waals surface area contributed by atoms with Crippen LogP contribution in [0.5, 0.6) is 0 Å². The molecule has 2 unspecified atom stereocenters. The van der Waals surface area contributed by atoms with Crippen LogP contribution in [0.1, 0.15) is 71.1 Å². The minimum Gasteiger partial charge on any atom is -0.481 e. The molecule has 0 bridgehead atoms. The molecule has 104 valence electrons. The monoisotopic (exact) mass is 254 g/mol. The van der Waals surface area contributed by atoms with Gasteiger partial charge in [-0.25, -0.2) is 0 Å². The van der Waals surface area contributed by atoms with Gasteiger partial charge in [0.2, 0.25) is 0 Å². The second-order valence-electron chi connectivity index (χ2n) is 6.75. The number of rotatable bonds is 3. The Balaban J connectivity index is 2.12. The smallest absolute Gasteiger partial charge is 0.309 e. The van der Waals surface area contributed by atoms with Crippen molar-refractivity contribution in [1.82, 2.24) is 0 Å². The van der Waals surface area contributed by atoms with Gasteiger partial charge in [-0.15, -0.1) is 0 Å². The van der Waals surface area contributed by atoms with E-state index in [9.17, 15) is 15.0 Å². The van der Waals surface area contributed by atoms with E-state index >= 15 is 0 Å². The Morgan fingerprint density at radius 3 is 2.39 bits per heavy atom. The third-order valence-electron chi connectivity index (χ3n) is 5.00. The Hall–Kier alpha value is -0.570. The Kier molecular flexibility index (Phi) is 4.00. The van der Waals surface area contributed by atoms with Gasteiger partial charge in [0.25, 0.3) is 0 Å². The topological polar surface area (TPSA) is 57.5 Å². The zero-order valence-corrected chi connectivity index (χ0v) is 11.5. The standard InChI is InChI=1S/C15H26O3/c1-12-6-5-7-14(10-12,13(16)17)11-15(18)8-3-2-4-9-15/h12,18H,2-11H2,1H3,(H,16,17). The van der Waals surface area contributed by atoms with Crippen LogP contribution in [0.2, 0.25) is 0 Å². The molecule has 0 spiro atoms. The van der Waals surface area contributed by atoms with E-state index in [2.05, 4.69) is 6.92 Å². The summed E-state index contributed by atoms with van der Waals surface area (Å²) >= 11 is 0. The Bertz CT molecular complexity index is 307. The van der Waals surface area contributed by atoms with Crippen molar-refractivity contribution in [1.29, 1.82) is 0 Å². The fraction of sp³-hybridized carbons (Fsp3) is 0.933. The summed E-state index contributed by atoms with van der Waals surface area (Å²) in [6.45, 7) is 2.14. The molecule has 0 aromatic rings. The van der Waals surface area contributed by atoms with E-state index in [1.807, 2.05) is 0 Å². The quantitative estimate of drug-likeness (QED) is 0.812. The van der Waals surface area contributed by atoms with Crippen LogP contribution >= 0.6 is 0 Å². The van der Waals surface area contributed by atoms with Crippen molar-refractivity contribution in [3.63, 3.8) is 0 Å². The summed E-state index contributed by atoms with van der Waals surface area (Å²) < 4.78 is 0. The van der Waals surface area contributed by atoms with Gasteiger partial charge in [0.15, 0.2) is 0 Å². The molecular formula is C15H26O3. The van der Waals surface area contributed by atoms with Crippen molar-refractivity contribution in [2.75, 3.05) is 0 Å². The highest BCUT2D eigenvalue weighted by atomic mass is 16.4. The predicted molar refractivity (Wildman–Crippen MR) is 70.4 cm³/mol. The summed E-state index contributed by atoms with van der Waals surface area (Å²) in [6.07, 6.45) is 8.92. The van der Waals surface area contributed by atoms with Crippen LogP contribution in [-0.4, -0.2) is 21.8 Å². The molecule has 0 aromatic heterocycles. The zero-order chi connectivity index (χ0) is 13.2. The molecule has 2 aliphatic rings. The average molecular weight is 254 g/mol. The van der Waals surface area contributed by atoms with E-state index in [1.54, 1.807) is 0 Å². The molecule has 0 amide bonds. The van der Waals surface area contributed by atoms with Crippen LogP contribution in [0.4, 0.5) is 0 Å². The number of aliphatic carboxylic acids is 1. The SMILES string of the molecule is CC1CCCC(CC2(O)CCCCC2)(C(=O)O)C1. The minimum absolute atomic E-state index is 0.472. The van der Waals surface area contributed by atoms with Crippen molar-refractivity contribution in [2.24, 2.45) is 11.3 Å². The minimum atomic E-state index is -0.715. The van der Waals surface area contributed by atoms with Gasteiger partial charge < -0.3 is 10.2 Å². The average Bonchev–Trinajstić information content (AvgIpc) is 2.29. The molecule has 2 aliphatic carbocycles. The highest BCUT2D eigenvalue weighted by Gasteiger charge is 2.47. The van der Waals surface area contributed by atoms with Gasteiger partial charge in [-0.2, -0.15) is 0 Å². The first-order chi connectivity index (χ1) is 8.46. The van der Waals surface area contributed by atoms with E-state index in [4.69, 9.17) is 0 Å². The Labute approximate surface area is 110 Å². The van der Waals surface area contributed by atoms with E-state index in [0.717, 1.165) is 51.4 Å². The van der Waals surface area contributed by atoms with Crippen molar-refractivity contribution in [3.8, 4) is 0 Å². The van der Waals surface area contributed by atoms with Crippen LogP contribution in [0.25, 0.3) is 0 Å². The maximum absolute atomic E-state index is 11.7. The lowest BCUT2D eigenvalue weighted by atomic mass is 9.63. The summed E-state index contributed by atoms with van der Waals surface area (Å²) in [6, 6.07) is 0. The number of hydrogen-bond donors (Lipinski definition) is 2. The largest absolute Gasteiger partial charge is 0.481 e. The number of carboxylic acids is 1. The number of carbonyl (C=O) groups is 1. The van der Waals surface area contributed by atoms with Crippen molar-refractivity contribution < 1.29 is 15.0 Å². The van der Waals surface area contributed by atoms with Gasteiger partial charge in [0.1, 0.15) is 0 Å². The van der Waals surface area contributed by atoms with Crippen LogP contribution in [0.15, 0.2) is 0 Å². The highest BCUT2D eigenvalue weighted by Crippen LogP contribution is 2.47. The first-order valence-electron chi connectivity index (χ1n) is 7.42. The number of hydrogen-bond acceptors (Lipinski definition) is 2. The first-order valence-corrected chi connectivity index (χ1v) is 7.42. The maximum atomic E-state index is 11.7. The van der Waals surface area contributed by atoms with Crippen LogP contribution in [-0.2, 0) is 4.79 Å². The molecular weight excluding hydrogens is 228 g/mol. The lowest BCUT2D eigenvalue weighted by Gasteiger charge is -2.43. The molecule has 2 saturated carbocycles. The molecule has 0 heterocycles. The normalized spacial score (nSPS) is 36.2. The summed E-state index contributed by atoms with van der Waals surface area (Å²) in [7, 11) is 0. The zero-order valence-electron chi connectivity index (χ0n) is 11.5. The van der Waals surface area contributed by atoms with Crippen molar-refractivity contribution in [2.45, 2.75) is 76.7 Å². The molecule has 2 N–H and O–H groups in total. The second kappa shape index (κ2) is 5.20. The lowest BCUT2D eigenvalue weighted by Crippen LogP contribution is -2.45. The van der Waals surface area contributed by atoms with Gasteiger partial charge in [0, 0.05) is 0 Å². The van der Waals surface area contributed by atoms with E-state index < -0.39 is 17.0 Å². The maximum Gasteiger partial charge on any atom is 0.309 e. The van der Waals surface area contributed by atoms with Gasteiger partial charge in [-0.05, 0) is 38.0 Å². The third kappa shape index (κ3) is 2.87. The van der Waals surface area contributed by atoms with E-state index in [-0.39, 0.29) is 0 Å². The second-order valence-corrected chi connectivity index (χ2v) is 6.75.